The smallest absolute Gasteiger partial charge is 0.313 e. The van der Waals surface area contributed by atoms with Gasteiger partial charge in [0.15, 0.2) is 6.61 Å². The third-order valence-electron chi connectivity index (χ3n) is 4.52. The van der Waals surface area contributed by atoms with Crippen LogP contribution in [-0.4, -0.2) is 55.8 Å². The van der Waals surface area contributed by atoms with Gasteiger partial charge in [-0.25, -0.2) is 0 Å². The van der Waals surface area contributed by atoms with Crippen LogP contribution < -0.4 is 4.74 Å². The zero-order chi connectivity index (χ0) is 21.4. The Bertz CT molecular complexity index is 884. The molecule has 0 unspecified atom stereocenters. The number of likely N-dealkylation sites (N-methyl/N-ethyl adjacent to an activating group) is 1. The quantitative estimate of drug-likeness (QED) is 0.259. The van der Waals surface area contributed by atoms with Gasteiger partial charge in [0.1, 0.15) is 5.75 Å². The second-order valence-corrected chi connectivity index (χ2v) is 6.53. The molecule has 0 saturated carbocycles. The zero-order valence-corrected chi connectivity index (χ0v) is 16.6. The first-order chi connectivity index (χ1) is 13.8. The maximum atomic E-state index is 12.3. The van der Waals surface area contributed by atoms with E-state index in [1.807, 2.05) is 36.4 Å². The predicted molar refractivity (Wildman–Crippen MR) is 105 cm³/mol. The van der Waals surface area contributed by atoms with E-state index in [-0.39, 0.29) is 19.8 Å². The largest absolute Gasteiger partial charge is 0.497 e. The second-order valence-electron chi connectivity index (χ2n) is 6.53. The molecule has 0 aliphatic rings. The van der Waals surface area contributed by atoms with E-state index in [2.05, 4.69) is 4.84 Å². The Morgan fingerprint density at radius 2 is 1.86 bits per heavy atom. The molecule has 2 aromatic carbocycles. The number of amides is 1. The van der Waals surface area contributed by atoms with Gasteiger partial charge in [-0.1, -0.05) is 24.3 Å². The molecular weight excluding hydrogens is 380 g/mol. The van der Waals surface area contributed by atoms with E-state index in [1.54, 1.807) is 14.0 Å². The Balaban J connectivity index is 1.87. The highest BCUT2D eigenvalue weighted by molar-refractivity contribution is 5.87. The summed E-state index contributed by atoms with van der Waals surface area (Å²) < 4.78 is 10.4. The van der Waals surface area contributed by atoms with Gasteiger partial charge in [-0.05, 0) is 41.8 Å². The lowest BCUT2D eigenvalue weighted by Crippen LogP contribution is -2.33. The summed E-state index contributed by atoms with van der Waals surface area (Å²) in [5, 5.41) is 11.2. The van der Waals surface area contributed by atoms with Crippen LogP contribution in [0.1, 0.15) is 24.8 Å². The van der Waals surface area contributed by atoms with Gasteiger partial charge in [0.2, 0.25) is 0 Å². The number of benzene rings is 2. The monoisotopic (exact) mass is 404 g/mol. The summed E-state index contributed by atoms with van der Waals surface area (Å²) in [7, 11) is 3.14. The molecule has 2 aromatic rings. The van der Waals surface area contributed by atoms with Crippen molar-refractivity contribution in [3.8, 4) is 5.75 Å². The Morgan fingerprint density at radius 1 is 1.17 bits per heavy atom. The van der Waals surface area contributed by atoms with Crippen LogP contribution in [0.15, 0.2) is 36.4 Å². The molecule has 0 spiro atoms. The highest BCUT2D eigenvalue weighted by Gasteiger charge is 2.19. The molecule has 1 atom stereocenters. The molecule has 2 rings (SSSR count). The van der Waals surface area contributed by atoms with Crippen LogP contribution >= 0.6 is 0 Å². The lowest BCUT2D eigenvalue weighted by molar-refractivity contribution is -0.757. The summed E-state index contributed by atoms with van der Waals surface area (Å²) in [4.78, 5) is 40.0. The van der Waals surface area contributed by atoms with Crippen molar-refractivity contribution in [3.05, 3.63) is 52.1 Å². The van der Waals surface area contributed by atoms with Crippen LogP contribution in [0.5, 0.6) is 5.75 Å². The predicted octanol–water partition coefficient (Wildman–Crippen LogP) is 2.55. The number of fused-ring (bicyclic) bond motifs is 1. The average Bonchev–Trinajstić information content (AvgIpc) is 2.72. The molecule has 0 aliphatic heterocycles. The number of hydrogen-bond acceptors (Lipinski definition) is 7. The number of rotatable bonds is 10. The van der Waals surface area contributed by atoms with E-state index >= 15 is 0 Å². The maximum absolute atomic E-state index is 12.3. The van der Waals surface area contributed by atoms with Gasteiger partial charge < -0.3 is 19.2 Å². The molecule has 9 heteroatoms. The molecule has 0 fully saturated rings. The number of nitrogens with zero attached hydrogens (tertiary/aromatic N) is 2. The first-order valence-corrected chi connectivity index (χ1v) is 9.07. The van der Waals surface area contributed by atoms with Crippen molar-refractivity contribution in [1.82, 2.24) is 4.90 Å². The number of esters is 1. The molecule has 0 N–H and O–H groups in total. The fraction of sp³-hybridized carbons (Fsp3) is 0.400. The summed E-state index contributed by atoms with van der Waals surface area (Å²) in [5.41, 5.74) is 0.783. The molecule has 0 aromatic heterocycles. The molecule has 0 radical (unpaired) electrons. The van der Waals surface area contributed by atoms with E-state index in [4.69, 9.17) is 9.47 Å². The summed E-state index contributed by atoms with van der Waals surface area (Å²) in [6.45, 7) is 1.49. The standard InChI is InChI=1S/C20H24N2O7/c1-14(15-5-6-17-12-18(27-3)8-7-16(17)11-15)20(24)28-13-19(23)21(2)9-4-10-29-22(25)26/h5-8,11-12,14H,4,9-10,13H2,1-3H3/t14-/m0/s1. The van der Waals surface area contributed by atoms with Crippen LogP contribution in [0.4, 0.5) is 0 Å². The zero-order valence-electron chi connectivity index (χ0n) is 16.6. The molecule has 29 heavy (non-hydrogen) atoms. The number of ether oxygens (including phenoxy) is 2. The van der Waals surface area contributed by atoms with E-state index in [1.165, 1.54) is 11.9 Å². The first kappa shape index (κ1) is 21.9. The lowest BCUT2D eigenvalue weighted by atomic mass is 9.98. The molecule has 156 valence electrons. The minimum Gasteiger partial charge on any atom is -0.497 e. The van der Waals surface area contributed by atoms with Crippen LogP contribution in [-0.2, 0) is 19.2 Å². The van der Waals surface area contributed by atoms with Crippen LogP contribution in [0.2, 0.25) is 0 Å². The minimum absolute atomic E-state index is 0.102. The summed E-state index contributed by atoms with van der Waals surface area (Å²) in [6, 6.07) is 11.3. The van der Waals surface area contributed by atoms with Crippen molar-refractivity contribution < 1.29 is 29.0 Å². The van der Waals surface area contributed by atoms with Gasteiger partial charge in [0.05, 0.1) is 19.6 Å². The van der Waals surface area contributed by atoms with Gasteiger partial charge >= 0.3 is 5.97 Å². The van der Waals surface area contributed by atoms with Crippen molar-refractivity contribution in [1.29, 1.82) is 0 Å². The Kier molecular flexibility index (Phi) is 7.76. The van der Waals surface area contributed by atoms with E-state index in [9.17, 15) is 19.7 Å². The van der Waals surface area contributed by atoms with Crippen LogP contribution in [0.25, 0.3) is 10.8 Å². The van der Waals surface area contributed by atoms with Gasteiger partial charge in [0.25, 0.3) is 11.0 Å². The maximum Gasteiger partial charge on any atom is 0.313 e. The third-order valence-corrected chi connectivity index (χ3v) is 4.52. The van der Waals surface area contributed by atoms with Gasteiger partial charge in [0, 0.05) is 13.6 Å². The van der Waals surface area contributed by atoms with Crippen molar-refractivity contribution >= 4 is 22.6 Å². The van der Waals surface area contributed by atoms with Crippen LogP contribution in [0, 0.1) is 10.1 Å². The van der Waals surface area contributed by atoms with Gasteiger partial charge in [-0.3, -0.25) is 9.59 Å². The fourth-order valence-corrected chi connectivity index (χ4v) is 2.71. The fourth-order valence-electron chi connectivity index (χ4n) is 2.71. The molecule has 0 saturated heterocycles. The average molecular weight is 404 g/mol. The molecule has 0 aliphatic carbocycles. The highest BCUT2D eigenvalue weighted by atomic mass is 16.9. The van der Waals surface area contributed by atoms with E-state index in [0.717, 1.165) is 22.1 Å². The van der Waals surface area contributed by atoms with Crippen molar-refractivity contribution in [3.63, 3.8) is 0 Å². The third kappa shape index (κ3) is 6.34. The Hall–Kier alpha value is -3.36. The molecule has 9 nitrogen and oxygen atoms in total. The normalized spacial score (nSPS) is 11.6. The number of carbonyl (C=O) groups is 2. The van der Waals surface area contributed by atoms with Crippen molar-refractivity contribution in [2.75, 3.05) is 33.9 Å². The van der Waals surface area contributed by atoms with Gasteiger partial charge in [-0.2, -0.15) is 0 Å². The SMILES string of the molecule is COc1ccc2cc([C@H](C)C(=O)OCC(=O)N(C)CCCO[N+](=O)[O-])ccc2c1. The second kappa shape index (κ2) is 10.3. The summed E-state index contributed by atoms with van der Waals surface area (Å²) in [5.74, 6) is -0.674. The molecular formula is C20H24N2O7. The topological polar surface area (TPSA) is 108 Å². The van der Waals surface area contributed by atoms with Crippen LogP contribution in [0.3, 0.4) is 0 Å². The number of carbonyl (C=O) groups excluding carboxylic acids is 2. The first-order valence-electron chi connectivity index (χ1n) is 9.07. The number of methoxy groups -OCH3 is 1. The Labute approximate surface area is 168 Å². The minimum atomic E-state index is -0.881. The number of hydrogen-bond donors (Lipinski definition) is 0. The highest BCUT2D eigenvalue weighted by Crippen LogP contribution is 2.25. The lowest BCUT2D eigenvalue weighted by Gasteiger charge is -2.18. The summed E-state index contributed by atoms with van der Waals surface area (Å²) in [6.07, 6.45) is 0.301. The molecule has 0 bridgehead atoms. The molecule has 0 heterocycles. The summed E-state index contributed by atoms with van der Waals surface area (Å²) >= 11 is 0. The Morgan fingerprint density at radius 3 is 2.55 bits per heavy atom. The van der Waals surface area contributed by atoms with Crippen molar-refractivity contribution in [2.45, 2.75) is 19.3 Å². The van der Waals surface area contributed by atoms with Gasteiger partial charge in [-0.15, -0.1) is 10.1 Å². The van der Waals surface area contributed by atoms with E-state index in [0.29, 0.717) is 6.42 Å². The van der Waals surface area contributed by atoms with Crippen molar-refractivity contribution in [2.24, 2.45) is 0 Å². The molecule has 1 amide bonds. The van der Waals surface area contributed by atoms with E-state index < -0.39 is 22.9 Å².